The molecule has 0 spiro atoms. The van der Waals surface area contributed by atoms with Crippen molar-refractivity contribution in [3.8, 4) is 11.8 Å². The molecule has 13 nitrogen and oxygen atoms in total. The molecule has 5 heterocycles. The number of aliphatic hydroxyl groups is 6. The van der Waals surface area contributed by atoms with Gasteiger partial charge in [0, 0.05) is 186 Å². The number of thiophene rings is 2. The second kappa shape index (κ2) is 42.1. The molecular formula is C68H83Cl3FN4O9S3Y3-3. The summed E-state index contributed by atoms with van der Waals surface area (Å²) in [6.45, 7) is 10.9. The van der Waals surface area contributed by atoms with E-state index in [1.807, 2.05) is 56.4 Å². The molecule has 0 amide bonds. The number of alkyl halides is 1. The van der Waals surface area contributed by atoms with Crippen molar-refractivity contribution < 1.29 is 147 Å². The van der Waals surface area contributed by atoms with E-state index in [0.717, 1.165) is 123 Å². The zero-order chi connectivity index (χ0) is 63.4. The van der Waals surface area contributed by atoms with Crippen LogP contribution in [0.3, 0.4) is 0 Å². The molecule has 1 aromatic carbocycles. The van der Waals surface area contributed by atoms with E-state index in [1.54, 1.807) is 25.4 Å². The molecule has 2 fully saturated rings. The van der Waals surface area contributed by atoms with Crippen LogP contribution in [0.4, 0.5) is 4.39 Å². The van der Waals surface area contributed by atoms with Gasteiger partial charge in [-0.1, -0.05) is 90.0 Å². The van der Waals surface area contributed by atoms with Gasteiger partial charge in [-0.3, -0.25) is 26.1 Å². The summed E-state index contributed by atoms with van der Waals surface area (Å²) >= 11 is 23.2. The zero-order valence-electron chi connectivity index (χ0n) is 52.3. The van der Waals surface area contributed by atoms with Gasteiger partial charge in [0.15, 0.2) is 0 Å². The molecule has 487 valence electrons. The molecule has 6 aromatic rings. The van der Waals surface area contributed by atoms with E-state index in [2.05, 4.69) is 45.6 Å². The summed E-state index contributed by atoms with van der Waals surface area (Å²) in [5.74, 6) is 0.309. The van der Waals surface area contributed by atoms with Crippen LogP contribution in [0.15, 0.2) is 66.0 Å². The Morgan fingerprint density at radius 2 is 1.62 bits per heavy atom. The summed E-state index contributed by atoms with van der Waals surface area (Å²) in [7, 11) is 1.61. The van der Waals surface area contributed by atoms with E-state index in [-0.39, 0.29) is 164 Å². The minimum atomic E-state index is -0.639. The van der Waals surface area contributed by atoms with Crippen molar-refractivity contribution in [1.29, 1.82) is 5.26 Å². The van der Waals surface area contributed by atoms with Crippen LogP contribution in [0.25, 0.3) is 0 Å². The van der Waals surface area contributed by atoms with E-state index < -0.39 is 30.4 Å². The average Bonchev–Trinajstić information content (AvgIpc) is 2.60. The molecule has 11 atom stereocenters. The number of halogens is 4. The predicted molar refractivity (Wildman–Crippen MR) is 347 cm³/mol. The second-order valence-corrected chi connectivity index (χ2v) is 27.9. The number of Topliss-reactive ketones (excluding diaryl/α,β-unsaturated/α-hetero) is 1. The van der Waals surface area contributed by atoms with Crippen molar-refractivity contribution in [2.45, 2.75) is 173 Å². The Morgan fingerprint density at radius 3 is 2.27 bits per heavy atom. The van der Waals surface area contributed by atoms with Crippen molar-refractivity contribution in [3.63, 3.8) is 0 Å². The Bertz CT molecular complexity index is 3240. The average molecular weight is 1590 g/mol. The van der Waals surface area contributed by atoms with Gasteiger partial charge in [-0.2, -0.15) is 17.7 Å². The maximum atomic E-state index is 13.0. The molecule has 6 N–H and O–H groups in total. The maximum absolute atomic E-state index is 13.0. The number of carbonyl (C=O) groups is 1. The summed E-state index contributed by atoms with van der Waals surface area (Å²) in [5.41, 5.74) is 9.35. The van der Waals surface area contributed by atoms with E-state index in [4.69, 9.17) is 44.3 Å². The number of ketones is 1. The van der Waals surface area contributed by atoms with Gasteiger partial charge in [0.05, 0.1) is 60.7 Å². The fourth-order valence-corrected chi connectivity index (χ4v) is 16.1. The van der Waals surface area contributed by atoms with Crippen LogP contribution in [0, 0.1) is 84.3 Å². The second-order valence-electron chi connectivity index (χ2n) is 23.4. The molecule has 2 saturated carbocycles. The zero-order valence-corrected chi connectivity index (χ0v) is 65.6. The first-order chi connectivity index (χ1) is 42.4. The number of aryl methyl sites for hydroxylation is 6. The first kappa shape index (κ1) is 82.5. The van der Waals surface area contributed by atoms with Gasteiger partial charge in [-0.15, -0.1) is 33.2 Å². The Labute approximate surface area is 639 Å². The minimum absolute atomic E-state index is 0. The number of pyridine rings is 2. The van der Waals surface area contributed by atoms with Crippen LogP contribution in [0.1, 0.15) is 148 Å². The van der Waals surface area contributed by atoms with Crippen molar-refractivity contribution in [2.24, 2.45) is 35.5 Å². The minimum Gasteiger partial charge on any atom is -0.523 e. The summed E-state index contributed by atoms with van der Waals surface area (Å²) in [5, 5.41) is 76.5. The molecule has 3 radical (unpaired) electrons. The van der Waals surface area contributed by atoms with Gasteiger partial charge in [0.2, 0.25) is 0 Å². The molecule has 23 heteroatoms. The van der Waals surface area contributed by atoms with Crippen molar-refractivity contribution in [2.75, 3.05) is 20.3 Å². The van der Waals surface area contributed by atoms with Crippen LogP contribution in [0.2, 0.25) is 4.34 Å². The number of benzene rings is 1. The smallest absolute Gasteiger partial charge is 0.138 e. The summed E-state index contributed by atoms with van der Waals surface area (Å²) in [4.78, 5) is 27.6. The Hall–Kier alpha value is -0.918. The van der Waals surface area contributed by atoms with Crippen LogP contribution in [0.5, 0.6) is 5.75 Å². The predicted octanol–water partition coefficient (Wildman–Crippen LogP) is 13.1. The molecule has 91 heavy (non-hydrogen) atoms. The van der Waals surface area contributed by atoms with Gasteiger partial charge in [0.25, 0.3) is 0 Å². The number of ether oxygens (including phenoxy) is 2. The number of rotatable bonds is 28. The first-order valence-corrected chi connectivity index (χ1v) is 34.1. The van der Waals surface area contributed by atoms with Crippen LogP contribution >= 0.6 is 68.8 Å². The Kier molecular flexibility index (Phi) is 38.2. The molecule has 0 bridgehead atoms. The number of aliphatic hydroxyl groups excluding tert-OH is 6. The van der Waals surface area contributed by atoms with Crippen molar-refractivity contribution >= 4 is 74.6 Å². The largest absolute Gasteiger partial charge is 0.523 e. The number of unbranched alkanes of at least 4 members (excludes halogenated alkanes) is 1. The number of nitrogens with zero attached hydrogens (tertiary/aromatic N) is 4. The summed E-state index contributed by atoms with van der Waals surface area (Å²) in [6, 6.07) is 15.8. The molecule has 0 aliphatic heterocycles. The molecule has 9 rings (SSSR count). The number of carbonyl (C=O) groups excluding carboxylic acids is 1. The van der Waals surface area contributed by atoms with Gasteiger partial charge in [-0.05, 0) is 154 Å². The van der Waals surface area contributed by atoms with Crippen molar-refractivity contribution in [3.05, 3.63) is 165 Å². The van der Waals surface area contributed by atoms with Crippen molar-refractivity contribution in [1.82, 2.24) is 15.0 Å². The molecule has 0 saturated heterocycles. The first-order valence-electron chi connectivity index (χ1n) is 30.5. The molecule has 5 unspecified atom stereocenters. The molecule has 3 aliphatic carbocycles. The topological polar surface area (TPSA) is 219 Å². The number of hydrogen-bond donors (Lipinski definition) is 6. The number of thiazole rings is 1. The van der Waals surface area contributed by atoms with Gasteiger partial charge in [-0.25, -0.2) is 4.39 Å². The van der Waals surface area contributed by atoms with Gasteiger partial charge >= 0.3 is 0 Å². The fraction of sp³-hybridized carbons (Fsp3) is 0.529. The normalized spacial score (nSPS) is 21.9. The fourth-order valence-electron chi connectivity index (χ4n) is 12.6. The quantitative estimate of drug-likeness (QED) is 0.0199. The maximum Gasteiger partial charge on any atom is 0.138 e. The third-order valence-corrected chi connectivity index (χ3v) is 21.4. The standard InChI is InChI=1S/C26H31N2O3.C23H31ClFN2O2S.C19H21Cl2O4S2.3Y/c1-4-19-12-18(5-6-20(19)15-27)13-24-23(25(30)14-26(24)31)8-7-21-11-16(2)22(9-10-29)17(3)28-21;1-2-3-6-20(28)16-10-15(12-26-13-16)8-9-17-18(21(29)11-19(17)24)5-4-7-23-27-22(25)14-30-23;1-24-12-5-14(26-10-12)8-25-9-16-15(17(20)6-18(16)23)3-2-13-4-11(7-22)19(21)27-13;;;/h5-6,11-12,23-24,26,29,31H,1,4,7-10,13-14H2,2-3H3;10,12-13,17-21,28-29H,2-9,11H2,1H3;4-6,15-16,18,22-23H,2-3,7-9H2,1H3;;;/q3*-1;;;/t23-,24-,26?;17-,18-,19?,20?,21?;15-,16-,18?;;;/m111.../s1. The Morgan fingerprint density at radius 1 is 0.846 bits per heavy atom. The van der Waals surface area contributed by atoms with E-state index in [1.165, 1.54) is 34.0 Å². The number of methoxy groups -OCH3 is 1. The van der Waals surface area contributed by atoms with Gasteiger partial charge in [0.1, 0.15) is 11.7 Å². The van der Waals surface area contributed by atoms with E-state index >= 15 is 0 Å². The molecule has 5 aromatic heterocycles. The van der Waals surface area contributed by atoms with E-state index in [9.17, 15) is 45.1 Å². The summed E-state index contributed by atoms with van der Waals surface area (Å²) < 4.78 is 24.6. The third kappa shape index (κ3) is 24.5. The number of allylic oxidation sites excluding steroid dienone is 1. The van der Waals surface area contributed by atoms with Crippen LogP contribution in [-0.4, -0.2) is 95.4 Å². The Balaban J connectivity index is 0.000000287. The monoisotopic (exact) mass is 1590 g/mol. The van der Waals surface area contributed by atoms with Gasteiger partial charge < -0.3 is 63.4 Å². The van der Waals surface area contributed by atoms with Crippen LogP contribution < -0.4 is 4.74 Å². The van der Waals surface area contributed by atoms with E-state index in [0.29, 0.717) is 78.8 Å². The third-order valence-electron chi connectivity index (χ3n) is 17.4. The SMILES string of the molecule is CCCCC(O)c1cncc(CC[C@H]2C(Cl)CC(O)[C@@H]2CCCc2nc(F)[c-]s2)c1.COc1[c-]sc(COC[C@H]2C(O)C=C(Cl)[C@@H]2CCc2cc(CO)c(Cl)s2)c1.[CH2-]Cc1cc(C[C@H]2C(O)CC(=O)[C@@H]2CCc2cc(C)c(CCO)c(C)n2)ccc1C#N.[Y].[Y].[Y]. The van der Waals surface area contributed by atoms with Crippen LogP contribution in [-0.2, 0) is 166 Å². The molecule has 3 aliphatic rings. The number of aromatic nitrogens is 3. The number of hydrogen-bond acceptors (Lipinski definition) is 16. The molecular weight excluding hydrogens is 1510 g/mol. The summed E-state index contributed by atoms with van der Waals surface area (Å²) in [6.07, 6.45) is 15.6. The number of nitriles is 1.